The number of aliphatic imine (C=N–C) groups is 2. The Morgan fingerprint density at radius 2 is 0.964 bits per heavy atom. The van der Waals surface area contributed by atoms with E-state index in [1.165, 1.54) is 36.4 Å². The smallest absolute Gasteiger partial charge is 0.173 e. The minimum Gasteiger partial charge on any atom is -0.173 e. The van der Waals surface area contributed by atoms with Gasteiger partial charge in [-0.2, -0.15) is 73.2 Å². The van der Waals surface area contributed by atoms with Crippen LogP contribution in [0.15, 0.2) is 100 Å². The van der Waals surface area contributed by atoms with Crippen LogP contribution < -0.4 is 0 Å². The molecule has 0 fully saturated rings. The van der Waals surface area contributed by atoms with Gasteiger partial charge in [-0.1, -0.05) is 31.2 Å². The second-order valence-electron chi connectivity index (χ2n) is 13.2. The molecule has 16 heteroatoms. The minimum absolute atomic E-state index is 0.00585. The molecule has 4 aromatic carbocycles. The molecule has 0 bridgehead atoms. The summed E-state index contributed by atoms with van der Waals surface area (Å²) in [6.45, 7) is 1.74. The zero-order chi connectivity index (χ0) is 40.0. The van der Waals surface area contributed by atoms with Crippen LogP contribution >= 0.6 is 0 Å². The van der Waals surface area contributed by atoms with Crippen molar-refractivity contribution >= 4 is 17.0 Å². The van der Waals surface area contributed by atoms with Gasteiger partial charge < -0.3 is 0 Å². The highest BCUT2D eigenvalue weighted by Gasteiger charge is 2.49. The van der Waals surface area contributed by atoms with Crippen molar-refractivity contribution in [3.05, 3.63) is 135 Å². The van der Waals surface area contributed by atoms with Gasteiger partial charge in [-0.05, 0) is 111 Å². The maximum Gasteiger partial charge on any atom is 0.416 e. The summed E-state index contributed by atoms with van der Waals surface area (Å²) in [5.41, 5.74) is -5.13. The van der Waals surface area contributed by atoms with Gasteiger partial charge in [0.2, 0.25) is 12.4 Å². The molecule has 0 radical (unpaired) electrons. The molecule has 1 unspecified atom stereocenters. The van der Waals surface area contributed by atoms with Gasteiger partial charge in [-0.3, -0.25) is 0 Å². The Labute approximate surface area is 302 Å². The van der Waals surface area contributed by atoms with Gasteiger partial charge in [-0.25, -0.2) is 0 Å². The van der Waals surface area contributed by atoms with Crippen LogP contribution in [-0.2, 0) is 30.1 Å². The zero-order valence-corrected chi connectivity index (χ0v) is 27.5. The van der Waals surface area contributed by atoms with E-state index in [4.69, 9.17) is 0 Å². The molecule has 0 saturated carbocycles. The van der Waals surface area contributed by atoms with E-state index in [0.717, 1.165) is 0 Å². The van der Waals surface area contributed by atoms with E-state index >= 15 is 0 Å². The highest BCUT2D eigenvalue weighted by atomic mass is 19.4. The Morgan fingerprint density at radius 1 is 0.527 bits per heavy atom. The number of fused-ring (bicyclic) bond motifs is 5. The van der Waals surface area contributed by atoms with Crippen molar-refractivity contribution in [2.75, 3.05) is 0 Å². The van der Waals surface area contributed by atoms with Crippen LogP contribution in [0.2, 0.25) is 0 Å². The summed E-state index contributed by atoms with van der Waals surface area (Å²) in [6, 6.07) is 10.6. The first-order valence-corrected chi connectivity index (χ1v) is 15.8. The van der Waals surface area contributed by atoms with Crippen molar-refractivity contribution in [1.82, 2.24) is 0 Å². The van der Waals surface area contributed by atoms with Crippen LogP contribution in [0.25, 0.3) is 27.8 Å². The number of hydrogen-bond donors (Lipinski definition) is 0. The zero-order valence-electron chi connectivity index (χ0n) is 27.5. The first-order valence-electron chi connectivity index (χ1n) is 15.8. The Bertz CT molecular complexity index is 2490. The summed E-state index contributed by atoms with van der Waals surface area (Å²) in [6.07, 6.45) is -15.3. The van der Waals surface area contributed by atoms with Crippen LogP contribution in [0.4, 0.5) is 52.7 Å². The van der Waals surface area contributed by atoms with Crippen LogP contribution in [0.3, 0.4) is 0 Å². The third-order valence-electron chi connectivity index (χ3n) is 9.88. The Hall–Kier alpha value is -6.16. The van der Waals surface area contributed by atoms with E-state index in [1.54, 1.807) is 25.4 Å². The summed E-state index contributed by atoms with van der Waals surface area (Å²) in [4.78, 5) is 7.96. The highest BCUT2D eigenvalue weighted by molar-refractivity contribution is 6.29. The molecule has 7 rings (SSSR count). The topological polar surface area (TPSA) is 72.3 Å². The van der Waals surface area contributed by atoms with Gasteiger partial charge in [0, 0.05) is 16.5 Å². The normalized spacial score (nSPS) is 19.4. The monoisotopic (exact) mass is 770 g/mol. The number of rotatable bonds is 2. The van der Waals surface area contributed by atoms with Crippen LogP contribution in [-0.4, -0.2) is 11.4 Å². The Morgan fingerprint density at radius 3 is 1.42 bits per heavy atom. The lowest BCUT2D eigenvalue weighted by atomic mass is 9.70. The van der Waals surface area contributed by atoms with E-state index in [1.807, 2.05) is 0 Å². The summed E-state index contributed by atoms with van der Waals surface area (Å²) in [5.74, 6) is 0. The predicted molar refractivity (Wildman–Crippen MR) is 175 cm³/mol. The fraction of sp³-hybridized carbons (Fsp3) is 0.179. The average Bonchev–Trinajstić information content (AvgIpc) is 3.52. The fourth-order valence-corrected chi connectivity index (χ4v) is 7.41. The molecule has 0 aromatic heterocycles. The van der Waals surface area contributed by atoms with Crippen molar-refractivity contribution < 1.29 is 52.7 Å². The maximum absolute atomic E-state index is 13.7. The molecule has 4 aromatic rings. The highest BCUT2D eigenvalue weighted by Crippen LogP contribution is 2.55. The standard InChI is InChI=1S/C39H18F12N4/c1-35-15-30-27(26-4-2-18(10-28(26)33(30)54-16-52)20-6-22(36(40,41)42)12-23(7-20)37(43,44)45)14-32(35)34(55-17-53)29-11-19(3-5-31(29)35)21-8-24(38(46,47)48)13-25(9-21)39(49,50)51/h2-14H,15H2,1H3. The molecule has 0 N–H and O–H groups in total. The summed E-state index contributed by atoms with van der Waals surface area (Å²) >= 11 is 0. The average molecular weight is 771 g/mol. The Kier molecular flexibility index (Phi) is 8.23. The van der Waals surface area contributed by atoms with E-state index in [9.17, 15) is 63.2 Å². The molecule has 0 aliphatic heterocycles. The molecule has 0 spiro atoms. The van der Waals surface area contributed by atoms with Crippen molar-refractivity contribution in [2.24, 2.45) is 9.98 Å². The second kappa shape index (κ2) is 12.2. The molecule has 1 atom stereocenters. The van der Waals surface area contributed by atoms with Crippen LogP contribution in [0, 0.1) is 22.9 Å². The predicted octanol–water partition coefficient (Wildman–Crippen LogP) is 11.7. The van der Waals surface area contributed by atoms with Crippen molar-refractivity contribution in [1.29, 1.82) is 10.5 Å². The van der Waals surface area contributed by atoms with Gasteiger partial charge in [0.25, 0.3) is 0 Å². The van der Waals surface area contributed by atoms with Crippen molar-refractivity contribution in [3.8, 4) is 34.6 Å². The molecule has 0 amide bonds. The second-order valence-corrected chi connectivity index (χ2v) is 13.2. The van der Waals surface area contributed by atoms with Gasteiger partial charge >= 0.3 is 24.7 Å². The third-order valence-corrected chi connectivity index (χ3v) is 9.88. The molecule has 55 heavy (non-hydrogen) atoms. The summed E-state index contributed by atoms with van der Waals surface area (Å²) in [5, 5.41) is 19.3. The van der Waals surface area contributed by atoms with Crippen molar-refractivity contribution in [2.45, 2.75) is 43.5 Å². The largest absolute Gasteiger partial charge is 0.416 e. The molecule has 3 aliphatic rings. The number of benzene rings is 4. The molecular weight excluding hydrogens is 752 g/mol. The summed E-state index contributed by atoms with van der Waals surface area (Å²) in [7, 11) is 0. The quantitative estimate of drug-likeness (QED) is 0.150. The lowest BCUT2D eigenvalue weighted by molar-refractivity contribution is -0.144. The SMILES string of the molecule is CC12CC3=C(C=C1C(=NC#N)c1cc(-c4cc(C(F)(F)F)cc(C(F)(F)F)c4)ccc12)c1ccc(-c2cc(C(F)(F)F)cc(C(F)(F)F)c2)cc1C3=NC#N. The minimum atomic E-state index is -5.10. The molecule has 0 saturated heterocycles. The van der Waals surface area contributed by atoms with E-state index in [0.29, 0.717) is 52.1 Å². The molecule has 0 heterocycles. The van der Waals surface area contributed by atoms with Gasteiger partial charge in [0.1, 0.15) is 0 Å². The lowest BCUT2D eigenvalue weighted by Gasteiger charge is -2.32. The lowest BCUT2D eigenvalue weighted by Crippen LogP contribution is -2.27. The number of nitriles is 2. The maximum atomic E-state index is 13.7. The van der Waals surface area contributed by atoms with E-state index in [-0.39, 0.29) is 52.2 Å². The van der Waals surface area contributed by atoms with Gasteiger partial charge in [0.15, 0.2) is 0 Å². The van der Waals surface area contributed by atoms with Crippen LogP contribution in [0.5, 0.6) is 0 Å². The van der Waals surface area contributed by atoms with E-state index in [2.05, 4.69) is 9.98 Å². The summed E-state index contributed by atoms with van der Waals surface area (Å²) < 4.78 is 164. The molecular formula is C39H18F12N4. The van der Waals surface area contributed by atoms with Crippen molar-refractivity contribution in [3.63, 3.8) is 0 Å². The fourth-order valence-electron chi connectivity index (χ4n) is 7.41. The number of hydrogen-bond acceptors (Lipinski definition) is 4. The van der Waals surface area contributed by atoms with Gasteiger partial charge in [0.05, 0.1) is 33.7 Å². The number of alkyl halides is 12. The number of halogens is 12. The first kappa shape index (κ1) is 37.2. The molecule has 4 nitrogen and oxygen atoms in total. The Balaban J connectivity index is 1.35. The first-order chi connectivity index (χ1) is 25.5. The third kappa shape index (κ3) is 6.25. The molecule has 3 aliphatic carbocycles. The molecule has 278 valence electrons. The van der Waals surface area contributed by atoms with Crippen LogP contribution in [0.1, 0.15) is 57.9 Å². The number of allylic oxidation sites excluding steroid dienone is 4. The van der Waals surface area contributed by atoms with E-state index < -0.39 is 63.5 Å². The van der Waals surface area contributed by atoms with Gasteiger partial charge in [-0.15, -0.1) is 0 Å². The number of nitrogens with zero attached hydrogens (tertiary/aromatic N) is 4.